The number of aryl methyl sites for hydroxylation is 3. The molecule has 1 aliphatic heterocycles. The summed E-state index contributed by atoms with van der Waals surface area (Å²) in [6.45, 7) is 15.1. The molecule has 0 saturated carbocycles. The number of hydrogen-bond donors (Lipinski definition) is 0. The summed E-state index contributed by atoms with van der Waals surface area (Å²) < 4.78 is 6.51. The van der Waals surface area contributed by atoms with Gasteiger partial charge < -0.3 is 4.74 Å². The van der Waals surface area contributed by atoms with Crippen molar-refractivity contribution < 1.29 is 4.74 Å². The van der Waals surface area contributed by atoms with Gasteiger partial charge in [0.05, 0.1) is 11.8 Å². The van der Waals surface area contributed by atoms with E-state index in [1.807, 2.05) is 0 Å². The van der Waals surface area contributed by atoms with Gasteiger partial charge in [-0.15, -0.1) is 0 Å². The minimum atomic E-state index is 0.114. The number of pyridine rings is 1. The quantitative estimate of drug-likeness (QED) is 0.247. The Morgan fingerprint density at radius 2 is 1.70 bits per heavy atom. The SMILES string of the molecule is CCCCCC1c2ccccc2CCN1Cc1c(OC(C)C)cc(-c2c(CC)cccc2CC)nc1C. The normalized spacial score (nSPS) is 15.7. The van der Waals surface area contributed by atoms with Crippen molar-refractivity contribution in [2.45, 2.75) is 105 Å². The van der Waals surface area contributed by atoms with Crippen LogP contribution in [-0.4, -0.2) is 22.5 Å². The first-order chi connectivity index (χ1) is 18.0. The Bertz CT molecular complexity index is 1160. The van der Waals surface area contributed by atoms with E-state index in [1.54, 1.807) is 0 Å². The van der Waals surface area contributed by atoms with E-state index in [-0.39, 0.29) is 6.10 Å². The minimum Gasteiger partial charge on any atom is -0.491 e. The summed E-state index contributed by atoms with van der Waals surface area (Å²) in [5, 5.41) is 0. The first-order valence-corrected chi connectivity index (χ1v) is 14.6. The smallest absolute Gasteiger partial charge is 0.128 e. The van der Waals surface area contributed by atoms with Crippen LogP contribution >= 0.6 is 0 Å². The number of rotatable bonds is 11. The van der Waals surface area contributed by atoms with E-state index < -0.39 is 0 Å². The summed E-state index contributed by atoms with van der Waals surface area (Å²) >= 11 is 0. The van der Waals surface area contributed by atoms with Gasteiger partial charge in [-0.3, -0.25) is 9.88 Å². The molecule has 0 amide bonds. The Labute approximate surface area is 225 Å². The van der Waals surface area contributed by atoms with Crippen LogP contribution in [-0.2, 0) is 25.8 Å². The predicted octanol–water partition coefficient (Wildman–Crippen LogP) is 8.65. The van der Waals surface area contributed by atoms with Gasteiger partial charge in [0.25, 0.3) is 0 Å². The van der Waals surface area contributed by atoms with Gasteiger partial charge in [-0.2, -0.15) is 0 Å². The number of fused-ring (bicyclic) bond motifs is 1. The molecule has 198 valence electrons. The molecule has 0 saturated heterocycles. The van der Waals surface area contributed by atoms with Crippen molar-refractivity contribution in [3.05, 3.63) is 82.0 Å². The zero-order valence-corrected chi connectivity index (χ0v) is 23.9. The molecule has 0 bridgehead atoms. The summed E-state index contributed by atoms with van der Waals surface area (Å²) in [4.78, 5) is 7.92. The number of unbranched alkanes of at least 4 members (excludes halogenated alkanes) is 2. The second-order valence-electron chi connectivity index (χ2n) is 10.8. The molecule has 0 spiro atoms. The van der Waals surface area contributed by atoms with Crippen molar-refractivity contribution >= 4 is 0 Å². The zero-order chi connectivity index (χ0) is 26.4. The van der Waals surface area contributed by atoms with Gasteiger partial charge in [-0.25, -0.2) is 0 Å². The van der Waals surface area contributed by atoms with E-state index in [1.165, 1.54) is 59.1 Å². The second kappa shape index (κ2) is 12.7. The third kappa shape index (κ3) is 6.26. The highest BCUT2D eigenvalue weighted by Crippen LogP contribution is 2.38. The minimum absolute atomic E-state index is 0.114. The van der Waals surface area contributed by atoms with Crippen LogP contribution in [0.2, 0.25) is 0 Å². The molecular weight excluding hydrogens is 452 g/mol. The molecule has 0 fully saturated rings. The molecule has 3 aromatic rings. The molecule has 37 heavy (non-hydrogen) atoms. The average molecular weight is 499 g/mol. The van der Waals surface area contributed by atoms with Crippen LogP contribution in [0.25, 0.3) is 11.3 Å². The monoisotopic (exact) mass is 498 g/mol. The van der Waals surface area contributed by atoms with Gasteiger partial charge in [0.1, 0.15) is 5.75 Å². The largest absolute Gasteiger partial charge is 0.491 e. The van der Waals surface area contributed by atoms with Crippen LogP contribution in [0.4, 0.5) is 0 Å². The summed E-state index contributed by atoms with van der Waals surface area (Å²) in [5.74, 6) is 0.997. The summed E-state index contributed by atoms with van der Waals surface area (Å²) in [5.41, 5.74) is 10.4. The molecule has 0 N–H and O–H groups in total. The number of nitrogens with zero attached hydrogens (tertiary/aromatic N) is 2. The van der Waals surface area contributed by atoms with E-state index in [4.69, 9.17) is 9.72 Å². The molecule has 3 heteroatoms. The van der Waals surface area contributed by atoms with Gasteiger partial charge >= 0.3 is 0 Å². The fraction of sp³-hybridized carbons (Fsp3) is 0.500. The Morgan fingerprint density at radius 3 is 2.38 bits per heavy atom. The fourth-order valence-corrected chi connectivity index (χ4v) is 5.94. The van der Waals surface area contributed by atoms with Crippen LogP contribution in [0.3, 0.4) is 0 Å². The first kappa shape index (κ1) is 27.4. The molecule has 1 aliphatic rings. The highest BCUT2D eigenvalue weighted by atomic mass is 16.5. The maximum atomic E-state index is 6.51. The van der Waals surface area contributed by atoms with Crippen LogP contribution in [0.1, 0.15) is 99.9 Å². The maximum absolute atomic E-state index is 6.51. The molecular formula is C34H46N2O. The summed E-state index contributed by atoms with van der Waals surface area (Å²) in [6.07, 6.45) is 8.24. The van der Waals surface area contributed by atoms with Crippen LogP contribution in [0, 0.1) is 6.92 Å². The summed E-state index contributed by atoms with van der Waals surface area (Å²) in [6, 6.07) is 18.4. The number of aromatic nitrogens is 1. The molecule has 2 aromatic carbocycles. The Morgan fingerprint density at radius 1 is 0.973 bits per heavy atom. The van der Waals surface area contributed by atoms with E-state index in [0.717, 1.165) is 49.5 Å². The Kier molecular flexibility index (Phi) is 9.43. The van der Waals surface area contributed by atoms with Crippen LogP contribution < -0.4 is 4.74 Å². The van der Waals surface area contributed by atoms with Gasteiger partial charge in [-0.05, 0) is 68.7 Å². The lowest BCUT2D eigenvalue weighted by Gasteiger charge is -2.38. The molecule has 2 heterocycles. The average Bonchev–Trinajstić information content (AvgIpc) is 2.90. The lowest BCUT2D eigenvalue weighted by atomic mass is 9.89. The van der Waals surface area contributed by atoms with Crippen molar-refractivity contribution in [3.63, 3.8) is 0 Å². The van der Waals surface area contributed by atoms with Crippen LogP contribution in [0.15, 0.2) is 48.5 Å². The lowest BCUT2D eigenvalue weighted by Crippen LogP contribution is -2.35. The highest BCUT2D eigenvalue weighted by molar-refractivity contribution is 5.70. The van der Waals surface area contributed by atoms with Crippen molar-refractivity contribution in [1.82, 2.24) is 9.88 Å². The highest BCUT2D eigenvalue weighted by Gasteiger charge is 2.28. The van der Waals surface area contributed by atoms with Crippen molar-refractivity contribution in [2.24, 2.45) is 0 Å². The van der Waals surface area contributed by atoms with Crippen molar-refractivity contribution in [3.8, 4) is 17.0 Å². The van der Waals surface area contributed by atoms with Crippen LogP contribution in [0.5, 0.6) is 5.75 Å². The molecule has 0 radical (unpaired) electrons. The molecule has 4 rings (SSSR count). The predicted molar refractivity (Wildman–Crippen MR) is 156 cm³/mol. The Hall–Kier alpha value is -2.65. The van der Waals surface area contributed by atoms with Gasteiger partial charge in [0.15, 0.2) is 0 Å². The lowest BCUT2D eigenvalue weighted by molar-refractivity contribution is 0.158. The Balaban J connectivity index is 1.74. The number of hydrogen-bond acceptors (Lipinski definition) is 3. The molecule has 1 unspecified atom stereocenters. The molecule has 1 aromatic heterocycles. The zero-order valence-electron chi connectivity index (χ0n) is 23.9. The number of ether oxygens (including phenoxy) is 1. The van der Waals surface area contributed by atoms with Gasteiger partial charge in [0, 0.05) is 42.0 Å². The standard InChI is InChI=1S/C34H46N2O/c1-7-10-11-19-32-29-18-13-12-15-28(29)20-21-36(32)23-30-25(6)35-31(22-33(30)37-24(4)5)34-26(8-2)16-14-17-27(34)9-3/h12-18,22,24,32H,7-11,19-21,23H2,1-6H3. The number of benzene rings is 2. The fourth-order valence-electron chi connectivity index (χ4n) is 5.94. The van der Waals surface area contributed by atoms with Gasteiger partial charge in [0.2, 0.25) is 0 Å². The second-order valence-corrected chi connectivity index (χ2v) is 10.8. The molecule has 1 atom stereocenters. The van der Waals surface area contributed by atoms with Crippen molar-refractivity contribution in [1.29, 1.82) is 0 Å². The topological polar surface area (TPSA) is 25.4 Å². The third-order valence-corrected chi connectivity index (χ3v) is 7.87. The molecule has 0 aliphatic carbocycles. The van der Waals surface area contributed by atoms with E-state index in [0.29, 0.717) is 6.04 Å². The first-order valence-electron chi connectivity index (χ1n) is 14.6. The van der Waals surface area contributed by atoms with E-state index in [9.17, 15) is 0 Å². The van der Waals surface area contributed by atoms with Gasteiger partial charge in [-0.1, -0.05) is 82.5 Å². The van der Waals surface area contributed by atoms with E-state index in [2.05, 4.69) is 95.0 Å². The third-order valence-electron chi connectivity index (χ3n) is 7.87. The van der Waals surface area contributed by atoms with Crippen molar-refractivity contribution in [2.75, 3.05) is 6.54 Å². The van der Waals surface area contributed by atoms with E-state index >= 15 is 0 Å². The maximum Gasteiger partial charge on any atom is 0.128 e. The molecule has 3 nitrogen and oxygen atoms in total. The summed E-state index contributed by atoms with van der Waals surface area (Å²) in [7, 11) is 0.